The van der Waals surface area contributed by atoms with Crippen LogP contribution in [0.2, 0.25) is 0 Å². The highest BCUT2D eigenvalue weighted by Crippen LogP contribution is 2.06. The highest BCUT2D eigenvalue weighted by atomic mass is 16.5. The van der Waals surface area contributed by atoms with E-state index in [1.807, 2.05) is 24.1 Å². The van der Waals surface area contributed by atoms with Crippen molar-refractivity contribution in [3.05, 3.63) is 18.3 Å². The molecule has 0 unspecified atom stereocenters. The molecule has 5 heteroatoms. The Labute approximate surface area is 89.1 Å². The zero-order valence-corrected chi connectivity index (χ0v) is 9.01. The third-order valence-corrected chi connectivity index (χ3v) is 2.05. The lowest BCUT2D eigenvalue weighted by Gasteiger charge is -2.16. The molecule has 1 rings (SSSR count). The van der Waals surface area contributed by atoms with Gasteiger partial charge in [0.15, 0.2) is 5.82 Å². The maximum Gasteiger partial charge on any atom is 0.305 e. The van der Waals surface area contributed by atoms with Crippen LogP contribution in [-0.2, 0) is 9.53 Å². The fourth-order valence-electron chi connectivity index (χ4n) is 1.17. The number of nitrogens with zero attached hydrogens (tertiary/aromatic N) is 3. The smallest absolute Gasteiger partial charge is 0.305 e. The molecule has 0 aliphatic rings. The second-order valence-electron chi connectivity index (χ2n) is 3.18. The normalized spacial score (nSPS) is 9.73. The lowest BCUT2D eigenvalue weighted by atomic mass is 10.3. The van der Waals surface area contributed by atoms with Crippen LogP contribution in [0.25, 0.3) is 0 Å². The lowest BCUT2D eigenvalue weighted by Crippen LogP contribution is -2.20. The van der Waals surface area contributed by atoms with Crippen LogP contribution in [0, 0.1) is 0 Å². The molecule has 1 aromatic rings. The van der Waals surface area contributed by atoms with Gasteiger partial charge in [-0.1, -0.05) is 0 Å². The molecule has 5 nitrogen and oxygen atoms in total. The first kappa shape index (κ1) is 11.4. The third kappa shape index (κ3) is 3.93. The molecule has 0 saturated heterocycles. The van der Waals surface area contributed by atoms with Crippen molar-refractivity contribution in [2.45, 2.75) is 12.8 Å². The van der Waals surface area contributed by atoms with Crippen LogP contribution in [0.1, 0.15) is 12.8 Å². The topological polar surface area (TPSA) is 55.3 Å². The number of hydrogen-bond acceptors (Lipinski definition) is 5. The highest BCUT2D eigenvalue weighted by molar-refractivity contribution is 5.69. The Kier molecular flexibility index (Phi) is 4.53. The Bertz CT molecular complexity index is 303. The lowest BCUT2D eigenvalue weighted by molar-refractivity contribution is -0.140. The summed E-state index contributed by atoms with van der Waals surface area (Å²) in [5.74, 6) is 0.630. The molecule has 82 valence electrons. The zero-order valence-electron chi connectivity index (χ0n) is 9.01. The van der Waals surface area contributed by atoms with E-state index >= 15 is 0 Å². The van der Waals surface area contributed by atoms with E-state index in [1.165, 1.54) is 7.11 Å². The molecule has 1 aromatic heterocycles. The van der Waals surface area contributed by atoms with Gasteiger partial charge in [0, 0.05) is 26.2 Å². The minimum Gasteiger partial charge on any atom is -0.469 e. The Morgan fingerprint density at radius 3 is 3.00 bits per heavy atom. The van der Waals surface area contributed by atoms with E-state index < -0.39 is 0 Å². The first-order valence-electron chi connectivity index (χ1n) is 4.79. The number of anilines is 1. The Morgan fingerprint density at radius 2 is 2.40 bits per heavy atom. The summed E-state index contributed by atoms with van der Waals surface area (Å²) in [6.07, 6.45) is 2.81. The summed E-state index contributed by atoms with van der Waals surface area (Å²) < 4.78 is 4.55. The van der Waals surface area contributed by atoms with Gasteiger partial charge in [-0.15, -0.1) is 5.10 Å². The van der Waals surface area contributed by atoms with E-state index in [9.17, 15) is 4.79 Å². The zero-order chi connectivity index (χ0) is 11.1. The minimum absolute atomic E-state index is 0.178. The number of aromatic nitrogens is 2. The molecule has 0 aliphatic heterocycles. The van der Waals surface area contributed by atoms with E-state index in [1.54, 1.807) is 6.20 Å². The van der Waals surface area contributed by atoms with E-state index in [2.05, 4.69) is 14.9 Å². The Hall–Kier alpha value is -1.65. The summed E-state index contributed by atoms with van der Waals surface area (Å²) in [6, 6.07) is 3.71. The van der Waals surface area contributed by atoms with Crippen LogP contribution in [0.15, 0.2) is 18.3 Å². The maximum atomic E-state index is 10.9. The predicted molar refractivity (Wildman–Crippen MR) is 56.6 cm³/mol. The van der Waals surface area contributed by atoms with E-state index in [0.717, 1.165) is 18.8 Å². The van der Waals surface area contributed by atoms with Gasteiger partial charge >= 0.3 is 5.97 Å². The quantitative estimate of drug-likeness (QED) is 0.673. The number of rotatable bonds is 5. The number of ether oxygens (including phenoxy) is 1. The van der Waals surface area contributed by atoms with Gasteiger partial charge in [0.2, 0.25) is 0 Å². The number of carbonyl (C=O) groups is 1. The number of esters is 1. The average molecular weight is 209 g/mol. The Balaban J connectivity index is 2.31. The van der Waals surface area contributed by atoms with Gasteiger partial charge in [-0.05, 0) is 18.6 Å². The van der Waals surface area contributed by atoms with Crippen LogP contribution in [0.3, 0.4) is 0 Å². The first-order valence-corrected chi connectivity index (χ1v) is 4.79. The molecule has 15 heavy (non-hydrogen) atoms. The van der Waals surface area contributed by atoms with Crippen LogP contribution >= 0.6 is 0 Å². The summed E-state index contributed by atoms with van der Waals surface area (Å²) in [5.41, 5.74) is 0. The summed E-state index contributed by atoms with van der Waals surface area (Å²) in [4.78, 5) is 12.8. The van der Waals surface area contributed by atoms with Crippen molar-refractivity contribution >= 4 is 11.8 Å². The van der Waals surface area contributed by atoms with Crippen LogP contribution in [0.5, 0.6) is 0 Å². The van der Waals surface area contributed by atoms with Crippen molar-refractivity contribution in [1.82, 2.24) is 10.2 Å². The molecule has 0 atom stereocenters. The second-order valence-corrected chi connectivity index (χ2v) is 3.18. The SMILES string of the molecule is COC(=O)CCCN(C)c1cccnn1. The predicted octanol–water partition coefficient (Wildman–Crippen LogP) is 0.866. The van der Waals surface area contributed by atoms with Crippen molar-refractivity contribution in [3.8, 4) is 0 Å². The fraction of sp³-hybridized carbons (Fsp3) is 0.500. The second kappa shape index (κ2) is 5.95. The van der Waals surface area contributed by atoms with E-state index in [-0.39, 0.29) is 5.97 Å². The minimum atomic E-state index is -0.178. The summed E-state index contributed by atoms with van der Waals surface area (Å²) in [6.45, 7) is 0.758. The van der Waals surface area contributed by atoms with Crippen LogP contribution in [-0.4, -0.2) is 36.9 Å². The number of carbonyl (C=O) groups excluding carboxylic acids is 1. The van der Waals surface area contributed by atoms with Crippen molar-refractivity contribution in [1.29, 1.82) is 0 Å². The average Bonchev–Trinajstić information content (AvgIpc) is 2.29. The van der Waals surface area contributed by atoms with E-state index in [4.69, 9.17) is 0 Å². The molecule has 0 amide bonds. The van der Waals surface area contributed by atoms with Crippen LogP contribution in [0.4, 0.5) is 5.82 Å². The van der Waals surface area contributed by atoms with Crippen molar-refractivity contribution < 1.29 is 9.53 Å². The summed E-state index contributed by atoms with van der Waals surface area (Å²) in [7, 11) is 3.32. The highest BCUT2D eigenvalue weighted by Gasteiger charge is 2.04. The standard InChI is InChI=1S/C10H15N3O2/c1-13(8-4-6-10(14)15-2)9-5-3-7-11-12-9/h3,5,7H,4,6,8H2,1-2H3. The van der Waals surface area contributed by atoms with Crippen molar-refractivity contribution in [3.63, 3.8) is 0 Å². The summed E-state index contributed by atoms with van der Waals surface area (Å²) in [5, 5.41) is 7.74. The third-order valence-electron chi connectivity index (χ3n) is 2.05. The molecule has 0 aromatic carbocycles. The van der Waals surface area contributed by atoms with Gasteiger partial charge in [-0.25, -0.2) is 0 Å². The van der Waals surface area contributed by atoms with Crippen LogP contribution < -0.4 is 4.90 Å². The van der Waals surface area contributed by atoms with Gasteiger partial charge in [0.1, 0.15) is 0 Å². The summed E-state index contributed by atoms with van der Waals surface area (Å²) >= 11 is 0. The Morgan fingerprint density at radius 1 is 1.60 bits per heavy atom. The van der Waals surface area contributed by atoms with Gasteiger partial charge in [0.25, 0.3) is 0 Å². The molecule has 1 heterocycles. The molecule has 0 bridgehead atoms. The monoisotopic (exact) mass is 209 g/mol. The van der Waals surface area contributed by atoms with Gasteiger partial charge < -0.3 is 9.64 Å². The molecular weight excluding hydrogens is 194 g/mol. The molecular formula is C10H15N3O2. The van der Waals surface area contributed by atoms with Crippen molar-refractivity contribution in [2.24, 2.45) is 0 Å². The maximum absolute atomic E-state index is 10.9. The molecule has 0 aliphatic carbocycles. The number of methoxy groups -OCH3 is 1. The fourth-order valence-corrected chi connectivity index (χ4v) is 1.17. The van der Waals surface area contributed by atoms with Gasteiger partial charge in [-0.3, -0.25) is 4.79 Å². The van der Waals surface area contributed by atoms with Gasteiger partial charge in [-0.2, -0.15) is 5.10 Å². The largest absolute Gasteiger partial charge is 0.469 e. The molecule has 0 saturated carbocycles. The molecule has 0 fully saturated rings. The molecule has 0 spiro atoms. The molecule has 0 radical (unpaired) electrons. The first-order chi connectivity index (χ1) is 7.24. The van der Waals surface area contributed by atoms with Gasteiger partial charge in [0.05, 0.1) is 7.11 Å². The number of hydrogen-bond donors (Lipinski definition) is 0. The van der Waals surface area contributed by atoms with Crippen molar-refractivity contribution in [2.75, 3.05) is 25.6 Å². The van der Waals surface area contributed by atoms with E-state index in [0.29, 0.717) is 6.42 Å². The molecule has 0 N–H and O–H groups in total.